The van der Waals surface area contributed by atoms with Crippen molar-refractivity contribution in [3.8, 4) is 0 Å². The molecule has 33 heavy (non-hydrogen) atoms. The summed E-state index contributed by atoms with van der Waals surface area (Å²) >= 11 is 0. The highest BCUT2D eigenvalue weighted by molar-refractivity contribution is 6.09. The van der Waals surface area contributed by atoms with E-state index in [2.05, 4.69) is 20.6 Å². The maximum atomic E-state index is 13.5. The van der Waals surface area contributed by atoms with Gasteiger partial charge in [-0.25, -0.2) is 4.98 Å². The number of hydrogen-bond donors (Lipinski definition) is 2. The number of Topliss-reactive ketones (excluding diaryl/α,β-unsaturated/α-hetero) is 1. The molecule has 0 aromatic carbocycles. The van der Waals surface area contributed by atoms with Crippen LogP contribution < -0.4 is 10.6 Å². The Morgan fingerprint density at radius 2 is 2.00 bits per heavy atom. The minimum atomic E-state index is -0.509. The average Bonchev–Trinajstić information content (AvgIpc) is 3.33. The van der Waals surface area contributed by atoms with Crippen molar-refractivity contribution in [1.82, 2.24) is 15.3 Å². The first-order chi connectivity index (χ1) is 16.0. The monoisotopic (exact) mass is 440 g/mol. The van der Waals surface area contributed by atoms with Crippen LogP contribution in [0, 0.1) is 6.92 Å². The molecule has 166 valence electrons. The van der Waals surface area contributed by atoms with Crippen LogP contribution in [0.2, 0.25) is 0 Å². The van der Waals surface area contributed by atoms with E-state index in [1.807, 2.05) is 50.2 Å². The van der Waals surface area contributed by atoms with Crippen LogP contribution in [0.1, 0.15) is 48.6 Å². The highest BCUT2D eigenvalue weighted by Crippen LogP contribution is 2.45. The summed E-state index contributed by atoms with van der Waals surface area (Å²) in [7, 11) is 0. The summed E-state index contributed by atoms with van der Waals surface area (Å²) in [6.45, 7) is 3.74. The number of pyridine rings is 2. The quantitative estimate of drug-likeness (QED) is 0.625. The number of carbonyl (C=O) groups is 2. The molecule has 0 radical (unpaired) electrons. The number of anilines is 1. The van der Waals surface area contributed by atoms with E-state index >= 15 is 0 Å². The van der Waals surface area contributed by atoms with E-state index in [1.54, 1.807) is 24.7 Å². The third-order valence-electron chi connectivity index (χ3n) is 6.17. The third kappa shape index (κ3) is 3.98. The molecule has 3 aromatic rings. The molecule has 2 atom stereocenters. The fourth-order valence-corrected chi connectivity index (χ4v) is 4.74. The van der Waals surface area contributed by atoms with Crippen LogP contribution in [0.25, 0.3) is 0 Å². The van der Waals surface area contributed by atoms with Gasteiger partial charge in [0.2, 0.25) is 0 Å². The van der Waals surface area contributed by atoms with Crippen molar-refractivity contribution in [2.75, 3.05) is 5.32 Å². The molecule has 0 unspecified atom stereocenters. The lowest BCUT2D eigenvalue weighted by molar-refractivity contribution is -0.116. The van der Waals surface area contributed by atoms with Crippen LogP contribution in [-0.2, 0) is 9.59 Å². The first kappa shape index (κ1) is 20.9. The molecule has 2 aliphatic rings. The average molecular weight is 441 g/mol. The molecule has 1 aliphatic heterocycles. The zero-order valence-electron chi connectivity index (χ0n) is 18.5. The molecule has 0 saturated carbocycles. The summed E-state index contributed by atoms with van der Waals surface area (Å²) in [6, 6.07) is 12.9. The minimum Gasteiger partial charge on any atom is -0.469 e. The summed E-state index contributed by atoms with van der Waals surface area (Å²) in [5, 5.41) is 6.27. The molecule has 0 spiro atoms. The standard InChI is InChI=1S/C26H24N4O3/c1-15-6-3-9-22(28-15)30-26(32)23-16(2)29-19-12-18(21-8-5-11-33-21)13-20(31)25(19)24(23)17-7-4-10-27-14-17/h3-11,14,18,24,29H,12-13H2,1-2H3,(H,28,30,32)/t18-,24-/m1/s1. The van der Waals surface area contributed by atoms with Crippen molar-refractivity contribution in [2.24, 2.45) is 0 Å². The van der Waals surface area contributed by atoms with E-state index < -0.39 is 5.92 Å². The van der Waals surface area contributed by atoms with Crippen molar-refractivity contribution in [1.29, 1.82) is 0 Å². The fourth-order valence-electron chi connectivity index (χ4n) is 4.74. The van der Waals surface area contributed by atoms with E-state index in [9.17, 15) is 9.59 Å². The lowest BCUT2D eigenvalue weighted by atomic mass is 9.72. The summed E-state index contributed by atoms with van der Waals surface area (Å²) in [4.78, 5) is 35.6. The summed E-state index contributed by atoms with van der Waals surface area (Å²) < 4.78 is 5.58. The Balaban J connectivity index is 1.55. The number of allylic oxidation sites excluding steroid dienone is 3. The number of hydrogen-bond acceptors (Lipinski definition) is 6. The Morgan fingerprint density at radius 3 is 2.73 bits per heavy atom. The van der Waals surface area contributed by atoms with Crippen LogP contribution in [0.15, 0.2) is 88.1 Å². The van der Waals surface area contributed by atoms with E-state index in [0.29, 0.717) is 35.5 Å². The van der Waals surface area contributed by atoms with Crippen molar-refractivity contribution >= 4 is 17.5 Å². The van der Waals surface area contributed by atoms with E-state index in [0.717, 1.165) is 22.7 Å². The van der Waals surface area contributed by atoms with Gasteiger partial charge < -0.3 is 15.1 Å². The van der Waals surface area contributed by atoms with Gasteiger partial charge in [0.1, 0.15) is 11.6 Å². The number of carbonyl (C=O) groups excluding carboxylic acids is 2. The van der Waals surface area contributed by atoms with Gasteiger partial charge in [-0.3, -0.25) is 14.6 Å². The van der Waals surface area contributed by atoms with Crippen molar-refractivity contribution in [3.63, 3.8) is 0 Å². The van der Waals surface area contributed by atoms with Crippen LogP contribution >= 0.6 is 0 Å². The molecule has 7 nitrogen and oxygen atoms in total. The number of nitrogens with one attached hydrogen (secondary N) is 2. The summed E-state index contributed by atoms with van der Waals surface area (Å²) in [6.07, 6.45) is 6.00. The van der Waals surface area contributed by atoms with Crippen LogP contribution in [0.5, 0.6) is 0 Å². The molecule has 1 amide bonds. The van der Waals surface area contributed by atoms with Crippen LogP contribution in [0.4, 0.5) is 5.82 Å². The number of aromatic nitrogens is 2. The van der Waals surface area contributed by atoms with Gasteiger partial charge >= 0.3 is 0 Å². The molecule has 4 heterocycles. The first-order valence-corrected chi connectivity index (χ1v) is 10.9. The Morgan fingerprint density at radius 1 is 1.12 bits per heavy atom. The van der Waals surface area contributed by atoms with Gasteiger partial charge in [0, 0.05) is 58.9 Å². The minimum absolute atomic E-state index is 0.00508. The highest BCUT2D eigenvalue weighted by atomic mass is 16.3. The van der Waals surface area contributed by atoms with Gasteiger partial charge in [-0.15, -0.1) is 0 Å². The number of amides is 1. The SMILES string of the molecule is CC1=C(C(=O)Nc2cccc(C)n2)[C@@H](c2cccnc2)C2=C(C[C@@H](c3ccco3)CC2=O)N1. The van der Waals surface area contributed by atoms with Gasteiger partial charge in [-0.1, -0.05) is 12.1 Å². The van der Waals surface area contributed by atoms with Crippen molar-refractivity contribution < 1.29 is 14.0 Å². The molecule has 0 fully saturated rings. The molecule has 0 saturated heterocycles. The Hall–Kier alpha value is -4.00. The predicted molar refractivity (Wildman–Crippen MR) is 123 cm³/mol. The van der Waals surface area contributed by atoms with Gasteiger partial charge in [0.25, 0.3) is 5.91 Å². The van der Waals surface area contributed by atoms with Gasteiger partial charge in [-0.05, 0) is 56.2 Å². The normalized spacial score (nSPS) is 20.4. The van der Waals surface area contributed by atoms with Crippen molar-refractivity contribution in [3.05, 3.63) is 101 Å². The fraction of sp³-hybridized carbons (Fsp3) is 0.231. The molecule has 1 aliphatic carbocycles. The largest absolute Gasteiger partial charge is 0.469 e. The van der Waals surface area contributed by atoms with Gasteiger partial charge in [0.05, 0.1) is 6.26 Å². The smallest absolute Gasteiger partial charge is 0.255 e. The number of furan rings is 1. The predicted octanol–water partition coefficient (Wildman–Crippen LogP) is 4.38. The van der Waals surface area contributed by atoms with E-state index in [4.69, 9.17) is 4.42 Å². The molecular weight excluding hydrogens is 416 g/mol. The third-order valence-corrected chi connectivity index (χ3v) is 6.17. The second-order valence-electron chi connectivity index (χ2n) is 8.44. The number of nitrogens with zero attached hydrogens (tertiary/aromatic N) is 2. The lowest BCUT2D eigenvalue weighted by Gasteiger charge is -2.36. The number of ketones is 1. The summed E-state index contributed by atoms with van der Waals surface area (Å²) in [5.74, 6) is 0.436. The maximum Gasteiger partial charge on any atom is 0.255 e. The van der Waals surface area contributed by atoms with E-state index in [-0.39, 0.29) is 17.6 Å². The van der Waals surface area contributed by atoms with Crippen molar-refractivity contribution in [2.45, 2.75) is 38.5 Å². The second-order valence-corrected chi connectivity index (χ2v) is 8.44. The molecular formula is C26H24N4O3. The topological polar surface area (TPSA) is 97.1 Å². The summed E-state index contributed by atoms with van der Waals surface area (Å²) in [5.41, 5.74) is 4.27. The molecule has 5 rings (SSSR count). The number of rotatable bonds is 4. The van der Waals surface area contributed by atoms with Gasteiger partial charge in [-0.2, -0.15) is 0 Å². The second kappa shape index (κ2) is 8.50. The van der Waals surface area contributed by atoms with E-state index in [1.165, 1.54) is 0 Å². The Labute approximate surface area is 191 Å². The molecule has 7 heteroatoms. The highest BCUT2D eigenvalue weighted by Gasteiger charge is 2.41. The van der Waals surface area contributed by atoms with Gasteiger partial charge in [0.15, 0.2) is 5.78 Å². The maximum absolute atomic E-state index is 13.5. The lowest BCUT2D eigenvalue weighted by Crippen LogP contribution is -2.37. The first-order valence-electron chi connectivity index (χ1n) is 10.9. The Kier molecular flexibility index (Phi) is 5.38. The molecule has 3 aromatic heterocycles. The van der Waals surface area contributed by atoms with Crippen LogP contribution in [0.3, 0.4) is 0 Å². The zero-order chi connectivity index (χ0) is 22.9. The zero-order valence-corrected chi connectivity index (χ0v) is 18.5. The van der Waals surface area contributed by atoms with Crippen LogP contribution in [-0.4, -0.2) is 21.7 Å². The number of aryl methyl sites for hydroxylation is 1. The molecule has 0 bridgehead atoms. The number of dihydropyridines is 1. The Bertz CT molecular complexity index is 1280. The molecule has 2 N–H and O–H groups in total.